The largest absolute Gasteiger partial charge is 0.379 e. The van der Waals surface area contributed by atoms with E-state index < -0.39 is 15.0 Å². The number of nitro benzene ring substituents is 1. The molecule has 0 fully saturated rings. The van der Waals surface area contributed by atoms with E-state index in [9.17, 15) is 18.5 Å². The van der Waals surface area contributed by atoms with Crippen molar-refractivity contribution in [3.05, 3.63) is 64.2 Å². The Balaban J connectivity index is 2.33. The number of hydrogen-bond acceptors (Lipinski definition) is 5. The molecule has 21 heavy (non-hydrogen) atoms. The minimum absolute atomic E-state index is 0.181. The molecule has 0 unspecified atom stereocenters. The summed E-state index contributed by atoms with van der Waals surface area (Å²) in [5, 5.41) is 10.7. The predicted molar refractivity (Wildman–Crippen MR) is 76.7 cm³/mol. The third kappa shape index (κ3) is 3.57. The topological polar surface area (TPSA) is 86.5 Å². The standard InChI is InChI=1S/C14H13NO5S/c1-2-11-5-3-7-13(9-11)20-21(18,19)14-8-4-6-12(10-14)15(16)17/h3-10H,2H2,1H3. The van der Waals surface area contributed by atoms with E-state index in [0.717, 1.165) is 18.1 Å². The molecule has 0 radical (unpaired) electrons. The highest BCUT2D eigenvalue weighted by Gasteiger charge is 2.19. The Morgan fingerprint density at radius 3 is 2.52 bits per heavy atom. The second-order valence-corrected chi connectivity index (χ2v) is 5.84. The van der Waals surface area contributed by atoms with Gasteiger partial charge in [-0.15, -0.1) is 0 Å². The quantitative estimate of drug-likeness (QED) is 0.481. The van der Waals surface area contributed by atoms with Crippen molar-refractivity contribution in [3.63, 3.8) is 0 Å². The zero-order valence-corrected chi connectivity index (χ0v) is 12.0. The van der Waals surface area contributed by atoms with Gasteiger partial charge in [-0.3, -0.25) is 10.1 Å². The van der Waals surface area contributed by atoms with Crippen molar-refractivity contribution < 1.29 is 17.5 Å². The first kappa shape index (κ1) is 15.0. The first-order chi connectivity index (χ1) is 9.92. The van der Waals surface area contributed by atoms with Crippen molar-refractivity contribution in [2.75, 3.05) is 0 Å². The molecule has 2 rings (SSSR count). The van der Waals surface area contributed by atoms with E-state index in [1.54, 1.807) is 12.1 Å². The molecular weight excluding hydrogens is 294 g/mol. The van der Waals surface area contributed by atoms with Crippen LogP contribution < -0.4 is 4.18 Å². The number of rotatable bonds is 5. The van der Waals surface area contributed by atoms with Gasteiger partial charge in [0.05, 0.1) is 4.92 Å². The summed E-state index contributed by atoms with van der Waals surface area (Å²) in [4.78, 5) is 9.78. The average molecular weight is 307 g/mol. The summed E-state index contributed by atoms with van der Waals surface area (Å²) in [6.07, 6.45) is 0.744. The Bertz CT molecular complexity index is 770. The molecule has 0 aliphatic heterocycles. The monoisotopic (exact) mass is 307 g/mol. The van der Waals surface area contributed by atoms with Crippen molar-refractivity contribution in [3.8, 4) is 5.75 Å². The average Bonchev–Trinajstić information content (AvgIpc) is 2.47. The Morgan fingerprint density at radius 2 is 1.86 bits per heavy atom. The zero-order valence-electron chi connectivity index (χ0n) is 11.2. The maximum atomic E-state index is 12.1. The van der Waals surface area contributed by atoms with E-state index in [4.69, 9.17) is 4.18 Å². The summed E-state index contributed by atoms with van der Waals surface area (Å²) >= 11 is 0. The Hall–Kier alpha value is -2.41. The highest BCUT2D eigenvalue weighted by Crippen LogP contribution is 2.22. The van der Waals surface area contributed by atoms with E-state index in [0.29, 0.717) is 0 Å². The van der Waals surface area contributed by atoms with Gasteiger partial charge >= 0.3 is 10.1 Å². The van der Waals surface area contributed by atoms with Crippen molar-refractivity contribution in [1.29, 1.82) is 0 Å². The summed E-state index contributed by atoms with van der Waals surface area (Å²) in [7, 11) is -4.10. The van der Waals surface area contributed by atoms with Gasteiger partial charge in [-0.1, -0.05) is 25.1 Å². The van der Waals surface area contributed by atoms with E-state index in [2.05, 4.69) is 0 Å². The molecular formula is C14H13NO5S. The molecule has 0 atom stereocenters. The van der Waals surface area contributed by atoms with Crippen LogP contribution in [0.5, 0.6) is 5.75 Å². The highest BCUT2D eigenvalue weighted by atomic mass is 32.2. The molecule has 0 bridgehead atoms. The molecule has 6 nitrogen and oxygen atoms in total. The third-order valence-corrected chi connectivity index (χ3v) is 4.07. The van der Waals surface area contributed by atoms with Gasteiger partial charge in [0.1, 0.15) is 10.6 Å². The van der Waals surface area contributed by atoms with Crippen LogP contribution in [0.1, 0.15) is 12.5 Å². The fourth-order valence-electron chi connectivity index (χ4n) is 1.74. The van der Waals surface area contributed by atoms with Gasteiger partial charge in [0.2, 0.25) is 0 Å². The second kappa shape index (κ2) is 5.92. The summed E-state index contributed by atoms with van der Waals surface area (Å²) in [5.74, 6) is 0.181. The van der Waals surface area contributed by atoms with Gasteiger partial charge in [0, 0.05) is 12.1 Å². The van der Waals surface area contributed by atoms with Crippen molar-refractivity contribution in [2.45, 2.75) is 18.2 Å². The zero-order chi connectivity index (χ0) is 15.5. The van der Waals surface area contributed by atoms with Crippen LogP contribution in [0.2, 0.25) is 0 Å². The number of nitrogens with zero attached hydrogens (tertiary/aromatic N) is 1. The predicted octanol–water partition coefficient (Wildman–Crippen LogP) is 2.92. The minimum Gasteiger partial charge on any atom is -0.379 e. The molecule has 0 aromatic heterocycles. The van der Waals surface area contributed by atoms with Crippen LogP contribution in [-0.4, -0.2) is 13.3 Å². The van der Waals surface area contributed by atoms with Gasteiger partial charge in [-0.2, -0.15) is 8.42 Å². The minimum atomic E-state index is -4.10. The Morgan fingerprint density at radius 1 is 1.14 bits per heavy atom. The summed E-state index contributed by atoms with van der Waals surface area (Å²) in [5.41, 5.74) is 0.628. The lowest BCUT2D eigenvalue weighted by Gasteiger charge is -2.08. The molecule has 110 valence electrons. The Labute approximate surface area is 122 Å². The summed E-state index contributed by atoms with van der Waals surface area (Å²) in [6.45, 7) is 1.94. The van der Waals surface area contributed by atoms with Crippen LogP contribution in [0.25, 0.3) is 0 Å². The molecule has 0 saturated heterocycles. The number of benzene rings is 2. The van der Waals surface area contributed by atoms with E-state index in [1.165, 1.54) is 24.3 Å². The normalized spacial score (nSPS) is 11.1. The number of hydrogen-bond donors (Lipinski definition) is 0. The van der Waals surface area contributed by atoms with Crippen molar-refractivity contribution >= 4 is 15.8 Å². The van der Waals surface area contributed by atoms with Crippen LogP contribution in [0.4, 0.5) is 5.69 Å². The first-order valence-corrected chi connectivity index (χ1v) is 7.61. The first-order valence-electron chi connectivity index (χ1n) is 6.20. The highest BCUT2D eigenvalue weighted by molar-refractivity contribution is 7.87. The molecule has 0 saturated carbocycles. The van der Waals surface area contributed by atoms with Crippen LogP contribution in [-0.2, 0) is 16.5 Å². The van der Waals surface area contributed by atoms with Gasteiger partial charge < -0.3 is 4.18 Å². The number of nitro groups is 1. The van der Waals surface area contributed by atoms with Crippen LogP contribution in [0, 0.1) is 10.1 Å². The lowest BCUT2D eigenvalue weighted by molar-refractivity contribution is -0.385. The molecule has 2 aromatic rings. The lowest BCUT2D eigenvalue weighted by Crippen LogP contribution is -2.10. The number of aryl methyl sites for hydroxylation is 1. The number of non-ortho nitro benzene ring substituents is 1. The summed E-state index contributed by atoms with van der Waals surface area (Å²) in [6, 6.07) is 11.4. The SMILES string of the molecule is CCc1cccc(OS(=O)(=O)c2cccc([N+](=O)[O-])c2)c1. The fourth-order valence-corrected chi connectivity index (χ4v) is 2.71. The maximum Gasteiger partial charge on any atom is 0.339 e. The molecule has 0 aliphatic carbocycles. The molecule has 0 amide bonds. The van der Waals surface area contributed by atoms with Crippen molar-refractivity contribution in [2.24, 2.45) is 0 Å². The third-order valence-electron chi connectivity index (χ3n) is 2.83. The lowest BCUT2D eigenvalue weighted by atomic mass is 10.2. The van der Waals surface area contributed by atoms with Gasteiger partial charge in [0.15, 0.2) is 0 Å². The van der Waals surface area contributed by atoms with Crippen LogP contribution in [0.15, 0.2) is 53.4 Å². The fraction of sp³-hybridized carbons (Fsp3) is 0.143. The van der Waals surface area contributed by atoms with E-state index in [-0.39, 0.29) is 16.3 Å². The molecule has 2 aromatic carbocycles. The maximum absolute atomic E-state index is 12.1. The molecule has 0 heterocycles. The molecule has 0 spiro atoms. The van der Waals surface area contributed by atoms with Gasteiger partial charge in [-0.25, -0.2) is 0 Å². The second-order valence-electron chi connectivity index (χ2n) is 4.29. The van der Waals surface area contributed by atoms with Crippen LogP contribution >= 0.6 is 0 Å². The van der Waals surface area contributed by atoms with Crippen LogP contribution in [0.3, 0.4) is 0 Å². The smallest absolute Gasteiger partial charge is 0.339 e. The van der Waals surface area contributed by atoms with Gasteiger partial charge in [-0.05, 0) is 30.2 Å². The van der Waals surface area contributed by atoms with Gasteiger partial charge in [0.25, 0.3) is 5.69 Å². The molecule has 0 aliphatic rings. The van der Waals surface area contributed by atoms with E-state index >= 15 is 0 Å². The molecule has 0 N–H and O–H groups in total. The van der Waals surface area contributed by atoms with Crippen molar-refractivity contribution in [1.82, 2.24) is 0 Å². The van der Waals surface area contributed by atoms with E-state index in [1.807, 2.05) is 13.0 Å². The summed E-state index contributed by atoms with van der Waals surface area (Å²) < 4.78 is 29.3. The molecule has 7 heteroatoms. The Kier molecular flexibility index (Phi) is 4.23.